The molecule has 1 atom stereocenters. The molecule has 0 saturated heterocycles. The molecule has 3 rings (SSSR count). The van der Waals surface area contributed by atoms with Crippen molar-refractivity contribution in [2.24, 2.45) is 0 Å². The molecule has 2 aromatic rings. The fourth-order valence-corrected chi connectivity index (χ4v) is 2.59. The molecule has 1 heterocycles. The Kier molecular flexibility index (Phi) is 3.48. The van der Waals surface area contributed by atoms with Gasteiger partial charge in [-0.05, 0) is 5.56 Å². The molecule has 0 aliphatic carbocycles. The van der Waals surface area contributed by atoms with E-state index >= 15 is 0 Å². The van der Waals surface area contributed by atoms with Gasteiger partial charge in [0.25, 0.3) is 0 Å². The minimum absolute atomic E-state index is 0.0219. The van der Waals surface area contributed by atoms with E-state index in [2.05, 4.69) is 0 Å². The molecule has 100 valence electrons. The molecule has 0 spiro atoms. The number of carbonyl (C=O) groups is 1. The number of Topliss-reactive ketones (excluding diaryl/α,β-unsaturated/α-hetero) is 1. The van der Waals surface area contributed by atoms with E-state index in [0.29, 0.717) is 18.6 Å². The molecule has 0 amide bonds. The molecule has 1 unspecified atom stereocenters. The van der Waals surface area contributed by atoms with E-state index in [-0.39, 0.29) is 5.78 Å². The van der Waals surface area contributed by atoms with Crippen LogP contribution in [0.5, 0.6) is 0 Å². The van der Waals surface area contributed by atoms with Gasteiger partial charge in [0, 0.05) is 12.0 Å². The van der Waals surface area contributed by atoms with Gasteiger partial charge >= 0.3 is 0 Å². The van der Waals surface area contributed by atoms with Gasteiger partial charge in [0.05, 0.1) is 6.61 Å². The molecule has 2 nitrogen and oxygen atoms in total. The summed E-state index contributed by atoms with van der Waals surface area (Å²) >= 11 is 0. The minimum atomic E-state index is -0.892. The molecule has 1 aliphatic rings. The van der Waals surface area contributed by atoms with E-state index in [0.717, 1.165) is 5.56 Å². The zero-order valence-electron chi connectivity index (χ0n) is 11.2. The van der Waals surface area contributed by atoms with Crippen molar-refractivity contribution in [1.82, 2.24) is 0 Å². The summed E-state index contributed by atoms with van der Waals surface area (Å²) in [6, 6.07) is 19.1. The SMILES string of the molecule is O=C(c1ccccc1)C1(c2ccccc2)CC=CCO1. The first-order valence-electron chi connectivity index (χ1n) is 6.77. The van der Waals surface area contributed by atoms with Gasteiger partial charge in [0.1, 0.15) is 0 Å². The highest BCUT2D eigenvalue weighted by molar-refractivity contribution is 6.03. The predicted molar refractivity (Wildman–Crippen MR) is 78.6 cm³/mol. The second kappa shape index (κ2) is 5.43. The quantitative estimate of drug-likeness (QED) is 0.623. The van der Waals surface area contributed by atoms with E-state index in [1.165, 1.54) is 0 Å². The topological polar surface area (TPSA) is 26.3 Å². The summed E-state index contributed by atoms with van der Waals surface area (Å²) in [6.45, 7) is 0.466. The highest BCUT2D eigenvalue weighted by atomic mass is 16.5. The fourth-order valence-electron chi connectivity index (χ4n) is 2.59. The average Bonchev–Trinajstić information content (AvgIpc) is 2.56. The molecule has 0 radical (unpaired) electrons. The molecule has 2 heteroatoms. The first-order valence-corrected chi connectivity index (χ1v) is 6.77. The van der Waals surface area contributed by atoms with Gasteiger partial charge in [-0.25, -0.2) is 0 Å². The van der Waals surface area contributed by atoms with E-state index in [9.17, 15) is 4.79 Å². The Morgan fingerprint density at radius 2 is 1.55 bits per heavy atom. The molecule has 20 heavy (non-hydrogen) atoms. The van der Waals surface area contributed by atoms with Gasteiger partial charge in [-0.15, -0.1) is 0 Å². The summed E-state index contributed by atoms with van der Waals surface area (Å²) in [6.07, 6.45) is 4.56. The first-order chi connectivity index (χ1) is 9.83. The van der Waals surface area contributed by atoms with Crippen molar-refractivity contribution in [3.05, 3.63) is 83.9 Å². The van der Waals surface area contributed by atoms with E-state index in [1.54, 1.807) is 0 Å². The largest absolute Gasteiger partial charge is 0.358 e. The third kappa shape index (κ3) is 2.19. The third-order valence-electron chi connectivity index (χ3n) is 3.64. The predicted octanol–water partition coefficient (Wildman–Crippen LogP) is 3.74. The van der Waals surface area contributed by atoms with Crippen LogP contribution in [0, 0.1) is 0 Å². The van der Waals surface area contributed by atoms with Gasteiger partial charge in [-0.2, -0.15) is 0 Å². The number of ether oxygens (including phenoxy) is 1. The Hall–Kier alpha value is -2.19. The zero-order valence-corrected chi connectivity index (χ0v) is 11.2. The highest BCUT2D eigenvalue weighted by Gasteiger charge is 2.41. The van der Waals surface area contributed by atoms with Crippen LogP contribution in [0.4, 0.5) is 0 Å². The lowest BCUT2D eigenvalue weighted by molar-refractivity contribution is -0.0216. The average molecular weight is 264 g/mol. The standard InChI is InChI=1S/C18H16O2/c19-17(15-9-3-1-4-10-15)18(13-7-8-14-20-18)16-11-5-2-6-12-16/h1-12H,13-14H2. The molecular weight excluding hydrogens is 248 g/mol. The van der Waals surface area contributed by atoms with Crippen molar-refractivity contribution in [3.8, 4) is 0 Å². The van der Waals surface area contributed by atoms with Crippen LogP contribution in [0.3, 0.4) is 0 Å². The van der Waals surface area contributed by atoms with Crippen LogP contribution in [0.15, 0.2) is 72.8 Å². The van der Waals surface area contributed by atoms with Gasteiger partial charge < -0.3 is 4.74 Å². The van der Waals surface area contributed by atoms with Crippen LogP contribution in [-0.2, 0) is 10.3 Å². The highest BCUT2D eigenvalue weighted by Crippen LogP contribution is 2.35. The molecule has 2 aromatic carbocycles. The van der Waals surface area contributed by atoms with E-state index in [4.69, 9.17) is 4.74 Å². The summed E-state index contributed by atoms with van der Waals surface area (Å²) in [7, 11) is 0. The second-order valence-electron chi connectivity index (χ2n) is 4.87. The number of ketones is 1. The summed E-state index contributed by atoms with van der Waals surface area (Å²) in [5.41, 5.74) is 0.710. The molecular formula is C18H16O2. The Bertz CT molecular complexity index is 616. The maximum atomic E-state index is 13.0. The van der Waals surface area contributed by atoms with Crippen LogP contribution in [0.2, 0.25) is 0 Å². The van der Waals surface area contributed by atoms with Crippen molar-refractivity contribution >= 4 is 5.78 Å². The zero-order chi connectivity index (χ0) is 13.8. The number of hydrogen-bond donors (Lipinski definition) is 0. The minimum Gasteiger partial charge on any atom is -0.358 e. The van der Waals surface area contributed by atoms with E-state index in [1.807, 2.05) is 72.8 Å². The molecule has 1 aliphatic heterocycles. The second-order valence-corrected chi connectivity index (χ2v) is 4.87. The van der Waals surface area contributed by atoms with Crippen molar-refractivity contribution < 1.29 is 9.53 Å². The molecule has 0 N–H and O–H groups in total. The van der Waals surface area contributed by atoms with Crippen molar-refractivity contribution in [2.75, 3.05) is 6.61 Å². The smallest absolute Gasteiger partial charge is 0.199 e. The number of rotatable bonds is 3. The van der Waals surface area contributed by atoms with Crippen LogP contribution in [0.1, 0.15) is 22.3 Å². The lowest BCUT2D eigenvalue weighted by Gasteiger charge is -2.34. The lowest BCUT2D eigenvalue weighted by Crippen LogP contribution is -2.40. The monoisotopic (exact) mass is 264 g/mol. The normalized spacial score (nSPS) is 21.6. The molecule has 0 bridgehead atoms. The van der Waals surface area contributed by atoms with Crippen molar-refractivity contribution in [1.29, 1.82) is 0 Å². The van der Waals surface area contributed by atoms with Crippen LogP contribution < -0.4 is 0 Å². The maximum absolute atomic E-state index is 13.0. The summed E-state index contributed by atoms with van der Waals surface area (Å²) < 4.78 is 5.93. The first kappa shape index (κ1) is 12.8. The number of hydrogen-bond acceptors (Lipinski definition) is 2. The summed E-state index contributed by atoms with van der Waals surface area (Å²) in [4.78, 5) is 13.0. The Labute approximate surface area is 118 Å². The van der Waals surface area contributed by atoms with Gasteiger partial charge in [-0.3, -0.25) is 4.79 Å². The summed E-state index contributed by atoms with van der Waals surface area (Å²) in [5, 5.41) is 0. The number of benzene rings is 2. The van der Waals surface area contributed by atoms with Gasteiger partial charge in [0.2, 0.25) is 0 Å². The Morgan fingerprint density at radius 1 is 0.900 bits per heavy atom. The molecule has 0 fully saturated rings. The fraction of sp³-hybridized carbons (Fsp3) is 0.167. The van der Waals surface area contributed by atoms with Crippen molar-refractivity contribution in [2.45, 2.75) is 12.0 Å². The molecule has 0 saturated carbocycles. The van der Waals surface area contributed by atoms with Crippen LogP contribution in [0.25, 0.3) is 0 Å². The van der Waals surface area contributed by atoms with Gasteiger partial charge in [-0.1, -0.05) is 72.8 Å². The number of carbonyl (C=O) groups excluding carboxylic acids is 1. The Morgan fingerprint density at radius 3 is 2.15 bits per heavy atom. The van der Waals surface area contributed by atoms with Crippen LogP contribution in [-0.4, -0.2) is 12.4 Å². The van der Waals surface area contributed by atoms with Crippen molar-refractivity contribution in [3.63, 3.8) is 0 Å². The lowest BCUT2D eigenvalue weighted by atomic mass is 9.82. The van der Waals surface area contributed by atoms with Crippen LogP contribution >= 0.6 is 0 Å². The Balaban J connectivity index is 2.07. The molecule has 0 aromatic heterocycles. The third-order valence-corrected chi connectivity index (χ3v) is 3.64. The maximum Gasteiger partial charge on any atom is 0.199 e. The van der Waals surface area contributed by atoms with Gasteiger partial charge in [0.15, 0.2) is 11.4 Å². The van der Waals surface area contributed by atoms with E-state index < -0.39 is 5.60 Å². The summed E-state index contributed by atoms with van der Waals surface area (Å²) in [5.74, 6) is 0.0219.